The number of hydrogen-bond acceptors (Lipinski definition) is 12. The van der Waals surface area contributed by atoms with Crippen molar-refractivity contribution in [3.8, 4) is 0 Å². The first kappa shape index (κ1) is 58.8. The third-order valence-corrected chi connectivity index (χ3v) is 12.2. The number of hydrogen-bond donors (Lipinski definition) is 6. The van der Waals surface area contributed by atoms with E-state index in [9.17, 15) is 44.6 Å². The zero-order chi connectivity index (χ0) is 46.4. The summed E-state index contributed by atoms with van der Waals surface area (Å²) < 4.78 is 33.5. The van der Waals surface area contributed by atoms with Gasteiger partial charge in [-0.05, 0) is 51.4 Å². The lowest BCUT2D eigenvalue weighted by Gasteiger charge is -2.41. The summed E-state index contributed by atoms with van der Waals surface area (Å²) in [6.07, 6.45) is 33.1. The van der Waals surface area contributed by atoms with Crippen LogP contribution in [-0.4, -0.2) is 98.3 Å². The highest BCUT2D eigenvalue weighted by molar-refractivity contribution is 7.47. The molecule has 1 saturated carbocycles. The first-order chi connectivity index (χ1) is 30.4. The Hall–Kier alpha value is -2.19. The van der Waals surface area contributed by atoms with Crippen LogP contribution in [0.1, 0.15) is 194 Å². The minimum atomic E-state index is -5.13. The number of esters is 2. The Labute approximate surface area is 380 Å². The van der Waals surface area contributed by atoms with Crippen LogP contribution in [0.3, 0.4) is 0 Å². The van der Waals surface area contributed by atoms with Crippen LogP contribution in [0.25, 0.3) is 0 Å². The zero-order valence-electron chi connectivity index (χ0n) is 38.9. The predicted octanol–water partition coefficient (Wildman–Crippen LogP) is 9.95. The molecule has 14 heteroatoms. The molecule has 0 aromatic carbocycles. The summed E-state index contributed by atoms with van der Waals surface area (Å²) in [5.74, 6) is -1.16. The van der Waals surface area contributed by atoms with Crippen molar-refractivity contribution in [2.24, 2.45) is 0 Å². The van der Waals surface area contributed by atoms with Gasteiger partial charge in [-0.3, -0.25) is 18.6 Å². The zero-order valence-corrected chi connectivity index (χ0v) is 39.8. The lowest BCUT2D eigenvalue weighted by molar-refractivity contribution is -0.220. The molecule has 8 atom stereocenters. The fourth-order valence-corrected chi connectivity index (χ4v) is 8.19. The summed E-state index contributed by atoms with van der Waals surface area (Å²) in [6.45, 7) is 3.24. The van der Waals surface area contributed by atoms with Gasteiger partial charge in [0.05, 0.1) is 6.61 Å². The van der Waals surface area contributed by atoms with E-state index in [1.807, 2.05) is 12.2 Å². The molecule has 63 heavy (non-hydrogen) atoms. The molecule has 6 unspecified atom stereocenters. The number of unbranched alkanes of at least 4 members (excludes halogenated alkanes) is 20. The Balaban J connectivity index is 2.47. The van der Waals surface area contributed by atoms with Gasteiger partial charge in [0.1, 0.15) is 43.2 Å². The van der Waals surface area contributed by atoms with E-state index in [0.29, 0.717) is 19.3 Å². The van der Waals surface area contributed by atoms with Gasteiger partial charge < -0.3 is 39.9 Å². The first-order valence-corrected chi connectivity index (χ1v) is 25.9. The number of phosphoric ester groups is 1. The van der Waals surface area contributed by atoms with Gasteiger partial charge in [0.2, 0.25) is 0 Å². The van der Waals surface area contributed by atoms with E-state index >= 15 is 0 Å². The highest BCUT2D eigenvalue weighted by atomic mass is 31.2. The molecule has 1 aliphatic rings. The molecule has 6 N–H and O–H groups in total. The molecule has 0 heterocycles. The van der Waals surface area contributed by atoms with Crippen molar-refractivity contribution in [1.82, 2.24) is 0 Å². The van der Waals surface area contributed by atoms with Crippen molar-refractivity contribution in [3.05, 3.63) is 48.6 Å². The van der Waals surface area contributed by atoms with Crippen molar-refractivity contribution >= 4 is 19.8 Å². The molecule has 0 aromatic rings. The van der Waals surface area contributed by atoms with E-state index in [0.717, 1.165) is 44.9 Å². The van der Waals surface area contributed by atoms with Crippen molar-refractivity contribution < 1.29 is 63.1 Å². The minimum absolute atomic E-state index is 0.0214. The largest absolute Gasteiger partial charge is 0.472 e. The van der Waals surface area contributed by atoms with Gasteiger partial charge in [-0.15, -0.1) is 0 Å². The van der Waals surface area contributed by atoms with Crippen LogP contribution in [0.5, 0.6) is 0 Å². The van der Waals surface area contributed by atoms with Crippen LogP contribution in [-0.2, 0) is 32.7 Å². The van der Waals surface area contributed by atoms with Crippen molar-refractivity contribution in [2.45, 2.75) is 236 Å². The van der Waals surface area contributed by atoms with Crippen molar-refractivity contribution in [3.63, 3.8) is 0 Å². The molecular formula is C49H87O13P. The Morgan fingerprint density at radius 1 is 0.492 bits per heavy atom. The second kappa shape index (κ2) is 39.0. The van der Waals surface area contributed by atoms with Gasteiger partial charge in [-0.2, -0.15) is 0 Å². The Morgan fingerprint density at radius 2 is 0.873 bits per heavy atom. The van der Waals surface area contributed by atoms with Gasteiger partial charge >= 0.3 is 19.8 Å². The molecular weight excluding hydrogens is 828 g/mol. The molecule has 366 valence electrons. The molecule has 1 fully saturated rings. The number of carbonyl (C=O) groups is 2. The van der Waals surface area contributed by atoms with Gasteiger partial charge in [-0.1, -0.05) is 178 Å². The molecule has 0 aromatic heterocycles. The second-order valence-electron chi connectivity index (χ2n) is 17.0. The highest BCUT2D eigenvalue weighted by Gasteiger charge is 2.51. The summed E-state index contributed by atoms with van der Waals surface area (Å²) in [5, 5.41) is 50.2. The molecule has 1 rings (SSSR count). The summed E-state index contributed by atoms with van der Waals surface area (Å²) in [6, 6.07) is 0. The molecule has 0 aliphatic heterocycles. The quantitative estimate of drug-likeness (QED) is 0.0147. The normalized spacial score (nSPS) is 22.1. The molecule has 0 bridgehead atoms. The Kier molecular flexibility index (Phi) is 36.4. The summed E-state index contributed by atoms with van der Waals surface area (Å²) in [7, 11) is -5.13. The van der Waals surface area contributed by atoms with E-state index in [1.54, 1.807) is 0 Å². The summed E-state index contributed by atoms with van der Waals surface area (Å²) in [4.78, 5) is 35.7. The highest BCUT2D eigenvalue weighted by Crippen LogP contribution is 2.47. The van der Waals surface area contributed by atoms with Crippen LogP contribution in [0.15, 0.2) is 48.6 Å². The SMILES string of the molecule is CCCCC/C=C\C/C=C\C/C=C\C/C=C\CCCC(=O)O[C@H](COC(=O)CCCCCCCCCCCCCCCCCCC)COP(=O)(O)OC1C(O)C(O)C(O)[C@@H](O)C1O. The Morgan fingerprint density at radius 3 is 1.35 bits per heavy atom. The fourth-order valence-electron chi connectivity index (χ4n) is 7.22. The summed E-state index contributed by atoms with van der Waals surface area (Å²) in [5.41, 5.74) is 0. The average molecular weight is 915 g/mol. The van der Waals surface area contributed by atoms with Crippen LogP contribution in [0, 0.1) is 0 Å². The smallest absolute Gasteiger partial charge is 0.462 e. The monoisotopic (exact) mass is 915 g/mol. The summed E-state index contributed by atoms with van der Waals surface area (Å²) >= 11 is 0. The second-order valence-corrected chi connectivity index (χ2v) is 18.4. The molecule has 13 nitrogen and oxygen atoms in total. The maximum Gasteiger partial charge on any atom is 0.472 e. The molecule has 0 spiro atoms. The third-order valence-electron chi connectivity index (χ3n) is 11.2. The van der Waals surface area contributed by atoms with Gasteiger partial charge in [0.25, 0.3) is 0 Å². The number of phosphoric acid groups is 1. The first-order valence-electron chi connectivity index (χ1n) is 24.4. The topological polar surface area (TPSA) is 210 Å². The van der Waals surface area contributed by atoms with Gasteiger partial charge in [0, 0.05) is 12.8 Å². The Bertz CT molecular complexity index is 1290. The van der Waals surface area contributed by atoms with Crippen LogP contribution in [0.4, 0.5) is 0 Å². The molecule has 0 saturated heterocycles. The third kappa shape index (κ3) is 31.4. The molecule has 0 amide bonds. The van der Waals surface area contributed by atoms with Crippen LogP contribution < -0.4 is 0 Å². The average Bonchev–Trinajstić information content (AvgIpc) is 3.26. The minimum Gasteiger partial charge on any atom is -0.462 e. The van der Waals surface area contributed by atoms with E-state index in [2.05, 4.69) is 50.3 Å². The van der Waals surface area contributed by atoms with E-state index in [1.165, 1.54) is 103 Å². The number of ether oxygens (including phenoxy) is 2. The maximum atomic E-state index is 12.8. The molecule has 1 aliphatic carbocycles. The van der Waals surface area contributed by atoms with Crippen LogP contribution >= 0.6 is 7.82 Å². The van der Waals surface area contributed by atoms with Crippen molar-refractivity contribution in [2.75, 3.05) is 13.2 Å². The lowest BCUT2D eigenvalue weighted by Crippen LogP contribution is -2.64. The van der Waals surface area contributed by atoms with E-state index < -0.39 is 75.7 Å². The lowest BCUT2D eigenvalue weighted by atomic mass is 9.85. The number of aliphatic hydroxyl groups is 5. The number of rotatable bonds is 40. The number of aliphatic hydroxyl groups excluding tert-OH is 5. The van der Waals surface area contributed by atoms with E-state index in [-0.39, 0.29) is 12.8 Å². The maximum absolute atomic E-state index is 12.8. The van der Waals surface area contributed by atoms with Gasteiger partial charge in [-0.25, -0.2) is 4.57 Å². The van der Waals surface area contributed by atoms with Crippen LogP contribution in [0.2, 0.25) is 0 Å². The van der Waals surface area contributed by atoms with E-state index in [4.69, 9.17) is 18.5 Å². The number of carbonyl (C=O) groups excluding carboxylic acids is 2. The fraction of sp³-hybridized carbons (Fsp3) is 0.796. The van der Waals surface area contributed by atoms with Crippen molar-refractivity contribution in [1.29, 1.82) is 0 Å². The van der Waals surface area contributed by atoms with Gasteiger partial charge in [0.15, 0.2) is 6.10 Å². The predicted molar refractivity (Wildman–Crippen MR) is 249 cm³/mol. The molecule has 0 radical (unpaired) electrons. The number of allylic oxidation sites excluding steroid dienone is 8. The standard InChI is InChI=1S/C49H87O13P/c1-3-5-7-9-11-13-15-17-19-21-23-25-27-29-31-33-35-37-42(50)59-39-41(40-60-63(57,58)62-49-47(55)45(53)44(52)46(54)48(49)56)61-43(51)38-36-34-32-30-28-26-24-22-20-18-16-14-12-10-8-6-4-2/h12,14,18,20,24,26,30,32,41,44-49,52-56H,3-11,13,15-17,19,21-23,25,27-29,31,33-40H2,1-2H3,(H,57,58)/b14-12-,20-18-,26-24-,32-30-/t41-,44?,45-,46?,47?,48?,49?/m1/s1.